The highest BCUT2D eigenvalue weighted by Gasteiger charge is 2.13. The first-order valence-electron chi connectivity index (χ1n) is 6.93. The lowest BCUT2D eigenvalue weighted by atomic mass is 9.95. The summed E-state index contributed by atoms with van der Waals surface area (Å²) in [5.74, 6) is 0.598. The van der Waals surface area contributed by atoms with E-state index in [1.54, 1.807) is 0 Å². The molecule has 0 amide bonds. The van der Waals surface area contributed by atoms with E-state index in [1.807, 2.05) is 37.3 Å². The van der Waals surface area contributed by atoms with E-state index in [1.165, 1.54) is 5.56 Å². The molecule has 0 radical (unpaired) electrons. The van der Waals surface area contributed by atoms with Crippen LogP contribution in [0, 0.1) is 6.92 Å². The molecule has 2 rings (SSSR count). The Balaban J connectivity index is 2.32. The van der Waals surface area contributed by atoms with Crippen molar-refractivity contribution in [2.45, 2.75) is 33.1 Å². The Morgan fingerprint density at radius 3 is 2.40 bits per heavy atom. The molecule has 0 heterocycles. The van der Waals surface area contributed by atoms with Crippen molar-refractivity contribution in [3.63, 3.8) is 0 Å². The molecular formula is C18H19BrO. The van der Waals surface area contributed by atoms with E-state index >= 15 is 0 Å². The van der Waals surface area contributed by atoms with E-state index in [2.05, 4.69) is 41.9 Å². The maximum Gasteiger partial charge on any atom is 0.194 e. The molecule has 0 saturated heterocycles. The minimum atomic E-state index is 0.0660. The molecule has 0 aliphatic rings. The van der Waals surface area contributed by atoms with Gasteiger partial charge in [-0.25, -0.2) is 0 Å². The van der Waals surface area contributed by atoms with Gasteiger partial charge in [-0.3, -0.25) is 4.79 Å². The van der Waals surface area contributed by atoms with E-state index < -0.39 is 0 Å². The molecule has 0 N–H and O–H groups in total. The number of ketones is 1. The van der Waals surface area contributed by atoms with E-state index in [0.717, 1.165) is 27.6 Å². The van der Waals surface area contributed by atoms with Crippen LogP contribution in [-0.4, -0.2) is 5.78 Å². The molecule has 0 bridgehead atoms. The standard InChI is InChI=1S/C18H19BrO/c1-4-13(3)14-6-8-15(9-7-14)18(20)16-11-12(2)5-10-17(16)19/h5-11,13H,4H2,1-3H3. The number of aryl methyl sites for hydroxylation is 1. The highest BCUT2D eigenvalue weighted by atomic mass is 79.9. The zero-order valence-electron chi connectivity index (χ0n) is 12.1. The molecule has 0 fully saturated rings. The number of benzene rings is 2. The van der Waals surface area contributed by atoms with Crippen molar-refractivity contribution in [2.75, 3.05) is 0 Å². The molecule has 20 heavy (non-hydrogen) atoms. The van der Waals surface area contributed by atoms with Crippen LogP contribution in [0.3, 0.4) is 0 Å². The quantitative estimate of drug-likeness (QED) is 0.676. The molecule has 2 aromatic carbocycles. The van der Waals surface area contributed by atoms with Crippen molar-refractivity contribution >= 4 is 21.7 Å². The zero-order valence-corrected chi connectivity index (χ0v) is 13.7. The van der Waals surface area contributed by atoms with E-state index in [4.69, 9.17) is 0 Å². The van der Waals surface area contributed by atoms with Crippen LogP contribution in [0.15, 0.2) is 46.9 Å². The Labute approximate surface area is 129 Å². The molecule has 0 aliphatic heterocycles. The van der Waals surface area contributed by atoms with Gasteiger partial charge in [0.1, 0.15) is 0 Å². The lowest BCUT2D eigenvalue weighted by Gasteiger charge is -2.10. The van der Waals surface area contributed by atoms with E-state index in [9.17, 15) is 4.79 Å². The number of rotatable bonds is 4. The summed E-state index contributed by atoms with van der Waals surface area (Å²) >= 11 is 3.46. The predicted octanol–water partition coefficient (Wildman–Crippen LogP) is 5.50. The largest absolute Gasteiger partial charge is 0.289 e. The van der Waals surface area contributed by atoms with Gasteiger partial charge >= 0.3 is 0 Å². The summed E-state index contributed by atoms with van der Waals surface area (Å²) in [6.45, 7) is 6.37. The van der Waals surface area contributed by atoms with Gasteiger partial charge in [0, 0.05) is 15.6 Å². The van der Waals surface area contributed by atoms with Crippen molar-refractivity contribution in [3.05, 3.63) is 69.2 Å². The van der Waals surface area contributed by atoms with Crippen LogP contribution in [0.25, 0.3) is 0 Å². The second-order valence-electron chi connectivity index (χ2n) is 5.24. The van der Waals surface area contributed by atoms with Gasteiger partial charge in [-0.2, -0.15) is 0 Å². The van der Waals surface area contributed by atoms with Crippen LogP contribution in [-0.2, 0) is 0 Å². The van der Waals surface area contributed by atoms with Crippen molar-refractivity contribution in [1.29, 1.82) is 0 Å². The first kappa shape index (κ1) is 15.0. The molecule has 1 atom stereocenters. The summed E-state index contributed by atoms with van der Waals surface area (Å²) < 4.78 is 0.846. The Morgan fingerprint density at radius 2 is 1.80 bits per heavy atom. The second kappa shape index (κ2) is 6.36. The average molecular weight is 331 g/mol. The number of carbonyl (C=O) groups excluding carboxylic acids is 1. The average Bonchev–Trinajstić information content (AvgIpc) is 2.48. The topological polar surface area (TPSA) is 17.1 Å². The first-order chi connectivity index (χ1) is 9.52. The van der Waals surface area contributed by atoms with Crippen LogP contribution in [0.4, 0.5) is 0 Å². The smallest absolute Gasteiger partial charge is 0.194 e. The Morgan fingerprint density at radius 1 is 1.15 bits per heavy atom. The maximum atomic E-state index is 12.5. The first-order valence-corrected chi connectivity index (χ1v) is 7.73. The van der Waals surface area contributed by atoms with Crippen LogP contribution in [0.2, 0.25) is 0 Å². The Kier molecular flexibility index (Phi) is 4.77. The van der Waals surface area contributed by atoms with Gasteiger partial charge in [-0.1, -0.05) is 65.7 Å². The lowest BCUT2D eigenvalue weighted by molar-refractivity contribution is 0.103. The highest BCUT2D eigenvalue weighted by Crippen LogP contribution is 2.23. The second-order valence-corrected chi connectivity index (χ2v) is 6.10. The fourth-order valence-corrected chi connectivity index (χ4v) is 2.59. The van der Waals surface area contributed by atoms with Gasteiger partial charge in [-0.15, -0.1) is 0 Å². The molecular weight excluding hydrogens is 312 g/mol. The van der Waals surface area contributed by atoms with Crippen LogP contribution in [0.1, 0.15) is 53.2 Å². The summed E-state index contributed by atoms with van der Waals surface area (Å²) in [6, 6.07) is 13.8. The van der Waals surface area contributed by atoms with Gasteiger partial charge in [0.2, 0.25) is 0 Å². The van der Waals surface area contributed by atoms with Crippen molar-refractivity contribution in [3.8, 4) is 0 Å². The van der Waals surface area contributed by atoms with Crippen LogP contribution >= 0.6 is 15.9 Å². The third-order valence-electron chi connectivity index (χ3n) is 3.72. The number of halogens is 1. The third-order valence-corrected chi connectivity index (χ3v) is 4.41. The van der Waals surface area contributed by atoms with Crippen molar-refractivity contribution in [2.24, 2.45) is 0 Å². The minimum absolute atomic E-state index is 0.0660. The van der Waals surface area contributed by atoms with E-state index in [0.29, 0.717) is 5.92 Å². The van der Waals surface area contributed by atoms with Crippen LogP contribution in [0.5, 0.6) is 0 Å². The fourth-order valence-electron chi connectivity index (χ4n) is 2.17. The van der Waals surface area contributed by atoms with Crippen molar-refractivity contribution in [1.82, 2.24) is 0 Å². The summed E-state index contributed by atoms with van der Waals surface area (Å²) in [6.07, 6.45) is 1.11. The predicted molar refractivity (Wildman–Crippen MR) is 87.5 cm³/mol. The zero-order chi connectivity index (χ0) is 14.7. The summed E-state index contributed by atoms with van der Waals surface area (Å²) in [5.41, 5.74) is 3.84. The molecule has 104 valence electrons. The normalized spacial score (nSPS) is 12.2. The molecule has 1 unspecified atom stereocenters. The van der Waals surface area contributed by atoms with Crippen molar-refractivity contribution < 1.29 is 4.79 Å². The van der Waals surface area contributed by atoms with Gasteiger partial charge in [0.25, 0.3) is 0 Å². The Hall–Kier alpha value is -1.41. The highest BCUT2D eigenvalue weighted by molar-refractivity contribution is 9.10. The number of hydrogen-bond donors (Lipinski definition) is 0. The molecule has 2 aromatic rings. The lowest BCUT2D eigenvalue weighted by Crippen LogP contribution is -2.03. The van der Waals surface area contributed by atoms with Gasteiger partial charge in [-0.05, 0) is 37.0 Å². The monoisotopic (exact) mass is 330 g/mol. The third kappa shape index (κ3) is 3.18. The van der Waals surface area contributed by atoms with Gasteiger partial charge in [0.15, 0.2) is 5.78 Å². The maximum absolute atomic E-state index is 12.5. The van der Waals surface area contributed by atoms with Gasteiger partial charge in [0.05, 0.1) is 0 Å². The van der Waals surface area contributed by atoms with Crippen LogP contribution < -0.4 is 0 Å². The molecule has 0 saturated carbocycles. The molecule has 2 heteroatoms. The molecule has 0 aliphatic carbocycles. The summed E-state index contributed by atoms with van der Waals surface area (Å²) in [4.78, 5) is 12.5. The molecule has 0 aromatic heterocycles. The summed E-state index contributed by atoms with van der Waals surface area (Å²) in [5, 5.41) is 0. The van der Waals surface area contributed by atoms with E-state index in [-0.39, 0.29) is 5.78 Å². The minimum Gasteiger partial charge on any atom is -0.289 e. The Bertz CT molecular complexity index is 614. The molecule has 1 nitrogen and oxygen atoms in total. The number of hydrogen-bond acceptors (Lipinski definition) is 1. The van der Waals surface area contributed by atoms with Gasteiger partial charge < -0.3 is 0 Å². The SMILES string of the molecule is CCC(C)c1ccc(C(=O)c2cc(C)ccc2Br)cc1. The summed E-state index contributed by atoms with van der Waals surface area (Å²) in [7, 11) is 0. The molecule has 0 spiro atoms. The number of carbonyl (C=O) groups is 1. The fraction of sp³-hybridized carbons (Fsp3) is 0.278.